The number of halogens is 1. The highest BCUT2D eigenvalue weighted by atomic mass is 35.5. The van der Waals surface area contributed by atoms with Gasteiger partial charge in [-0.25, -0.2) is 0 Å². The Labute approximate surface area is 169 Å². The smallest absolute Gasteiger partial charge is 0.257 e. The molecule has 0 spiro atoms. The monoisotopic (exact) mass is 399 g/mol. The van der Waals surface area contributed by atoms with Crippen molar-refractivity contribution in [3.63, 3.8) is 0 Å². The molecule has 3 aromatic rings. The standard InChI is InChI=1S/C22H22ClNO4/c1-26-20-9-7-15(13-21(20)27-2)11-12-24-22(25)14-28-19-10-8-18(23)16-5-3-4-6-17(16)19/h3-10,13H,11-12,14H2,1-2H3,(H,24,25). The number of carbonyl (C=O) groups is 1. The molecule has 28 heavy (non-hydrogen) atoms. The van der Waals surface area contributed by atoms with Gasteiger partial charge in [0, 0.05) is 22.3 Å². The zero-order chi connectivity index (χ0) is 19.9. The average molecular weight is 400 g/mol. The number of nitrogens with one attached hydrogen (secondary N) is 1. The van der Waals surface area contributed by atoms with E-state index in [0.717, 1.165) is 16.3 Å². The minimum Gasteiger partial charge on any atom is -0.493 e. The number of benzene rings is 3. The fourth-order valence-corrected chi connectivity index (χ4v) is 3.17. The molecule has 3 aromatic carbocycles. The van der Waals surface area contributed by atoms with E-state index in [9.17, 15) is 4.79 Å². The molecule has 0 heterocycles. The maximum atomic E-state index is 12.1. The van der Waals surface area contributed by atoms with E-state index in [1.807, 2.05) is 42.5 Å². The molecule has 0 atom stereocenters. The fraction of sp³-hybridized carbons (Fsp3) is 0.227. The number of hydrogen-bond acceptors (Lipinski definition) is 4. The highest BCUT2D eigenvalue weighted by Gasteiger charge is 2.09. The molecule has 5 nitrogen and oxygen atoms in total. The van der Waals surface area contributed by atoms with Crippen LogP contribution in [-0.2, 0) is 11.2 Å². The minimum atomic E-state index is -0.181. The second-order valence-corrected chi connectivity index (χ2v) is 6.58. The third kappa shape index (κ3) is 4.67. The van der Waals surface area contributed by atoms with Crippen molar-refractivity contribution in [1.29, 1.82) is 0 Å². The Morgan fingerprint density at radius 2 is 1.64 bits per heavy atom. The molecule has 0 aliphatic carbocycles. The molecule has 0 saturated heterocycles. The number of rotatable bonds is 8. The lowest BCUT2D eigenvalue weighted by Crippen LogP contribution is -2.30. The first-order valence-corrected chi connectivity index (χ1v) is 9.28. The zero-order valence-corrected chi connectivity index (χ0v) is 16.6. The SMILES string of the molecule is COc1ccc(CCNC(=O)COc2ccc(Cl)c3ccccc23)cc1OC. The van der Waals surface area contributed by atoms with Gasteiger partial charge in [-0.15, -0.1) is 0 Å². The van der Waals surface area contributed by atoms with Crippen molar-refractivity contribution in [2.75, 3.05) is 27.4 Å². The maximum Gasteiger partial charge on any atom is 0.257 e. The van der Waals surface area contributed by atoms with Gasteiger partial charge in [0.05, 0.1) is 14.2 Å². The van der Waals surface area contributed by atoms with Crippen LogP contribution in [0.4, 0.5) is 0 Å². The van der Waals surface area contributed by atoms with Crippen molar-refractivity contribution in [3.8, 4) is 17.2 Å². The highest BCUT2D eigenvalue weighted by Crippen LogP contribution is 2.31. The minimum absolute atomic E-state index is 0.0580. The van der Waals surface area contributed by atoms with Gasteiger partial charge in [0.1, 0.15) is 5.75 Å². The van der Waals surface area contributed by atoms with Crippen LogP contribution < -0.4 is 19.5 Å². The first-order valence-electron chi connectivity index (χ1n) is 8.90. The Morgan fingerprint density at radius 1 is 0.929 bits per heavy atom. The van der Waals surface area contributed by atoms with Crippen LogP contribution in [0.3, 0.4) is 0 Å². The van der Waals surface area contributed by atoms with Crippen LogP contribution in [0.15, 0.2) is 54.6 Å². The van der Waals surface area contributed by atoms with Gasteiger partial charge in [-0.05, 0) is 36.2 Å². The van der Waals surface area contributed by atoms with Crippen molar-refractivity contribution < 1.29 is 19.0 Å². The normalized spacial score (nSPS) is 10.5. The van der Waals surface area contributed by atoms with E-state index in [2.05, 4.69) is 5.32 Å². The van der Waals surface area contributed by atoms with Crippen molar-refractivity contribution in [1.82, 2.24) is 5.32 Å². The predicted octanol–water partition coefficient (Wildman–Crippen LogP) is 4.25. The van der Waals surface area contributed by atoms with Gasteiger partial charge in [0.15, 0.2) is 18.1 Å². The third-order valence-corrected chi connectivity index (χ3v) is 4.70. The van der Waals surface area contributed by atoms with Crippen molar-refractivity contribution in [3.05, 3.63) is 65.2 Å². The summed E-state index contributed by atoms with van der Waals surface area (Å²) in [5.74, 6) is 1.80. The Hall–Kier alpha value is -2.92. The van der Waals surface area contributed by atoms with E-state index in [1.54, 1.807) is 26.4 Å². The molecule has 1 amide bonds. The van der Waals surface area contributed by atoms with Gasteiger partial charge >= 0.3 is 0 Å². The Morgan fingerprint density at radius 3 is 2.39 bits per heavy atom. The van der Waals surface area contributed by atoms with Gasteiger partial charge in [0.2, 0.25) is 0 Å². The first-order chi connectivity index (χ1) is 13.6. The largest absolute Gasteiger partial charge is 0.493 e. The molecule has 0 aliphatic rings. The van der Waals surface area contributed by atoms with E-state index in [-0.39, 0.29) is 12.5 Å². The molecule has 0 saturated carbocycles. The summed E-state index contributed by atoms with van der Waals surface area (Å²) in [6, 6.07) is 16.9. The number of ether oxygens (including phenoxy) is 3. The lowest BCUT2D eigenvalue weighted by atomic mass is 10.1. The summed E-state index contributed by atoms with van der Waals surface area (Å²) >= 11 is 6.21. The van der Waals surface area contributed by atoms with Gasteiger partial charge in [-0.1, -0.05) is 41.9 Å². The summed E-state index contributed by atoms with van der Waals surface area (Å²) in [6.07, 6.45) is 0.677. The molecule has 6 heteroatoms. The van der Waals surface area contributed by atoms with E-state index in [0.29, 0.717) is 35.2 Å². The maximum absolute atomic E-state index is 12.1. The number of hydrogen-bond donors (Lipinski definition) is 1. The van der Waals surface area contributed by atoms with Crippen molar-refractivity contribution in [2.24, 2.45) is 0 Å². The van der Waals surface area contributed by atoms with Crippen LogP contribution in [0.5, 0.6) is 17.2 Å². The fourth-order valence-electron chi connectivity index (χ4n) is 2.94. The molecule has 0 unspecified atom stereocenters. The Kier molecular flexibility index (Phi) is 6.61. The van der Waals surface area contributed by atoms with Crippen LogP contribution in [0, 0.1) is 0 Å². The van der Waals surface area contributed by atoms with Crippen LogP contribution in [0.25, 0.3) is 10.8 Å². The second kappa shape index (κ2) is 9.33. The van der Waals surface area contributed by atoms with Crippen LogP contribution in [0.2, 0.25) is 5.02 Å². The predicted molar refractivity (Wildman–Crippen MR) is 111 cm³/mol. The summed E-state index contributed by atoms with van der Waals surface area (Å²) in [4.78, 5) is 12.1. The van der Waals surface area contributed by atoms with E-state index < -0.39 is 0 Å². The number of fused-ring (bicyclic) bond motifs is 1. The summed E-state index contributed by atoms with van der Waals surface area (Å²) < 4.78 is 16.2. The molecular weight excluding hydrogens is 378 g/mol. The van der Waals surface area contributed by atoms with Gasteiger partial charge < -0.3 is 19.5 Å². The van der Waals surface area contributed by atoms with E-state index in [4.69, 9.17) is 25.8 Å². The van der Waals surface area contributed by atoms with Crippen LogP contribution >= 0.6 is 11.6 Å². The molecule has 146 valence electrons. The second-order valence-electron chi connectivity index (χ2n) is 6.17. The van der Waals surface area contributed by atoms with Crippen LogP contribution in [0.1, 0.15) is 5.56 Å². The topological polar surface area (TPSA) is 56.8 Å². The zero-order valence-electron chi connectivity index (χ0n) is 15.8. The van der Waals surface area contributed by atoms with E-state index in [1.165, 1.54) is 0 Å². The highest BCUT2D eigenvalue weighted by molar-refractivity contribution is 6.35. The molecule has 1 N–H and O–H groups in total. The quantitative estimate of drug-likeness (QED) is 0.615. The molecule has 0 aliphatic heterocycles. The van der Waals surface area contributed by atoms with Gasteiger partial charge in [-0.2, -0.15) is 0 Å². The molecule has 0 bridgehead atoms. The summed E-state index contributed by atoms with van der Waals surface area (Å²) in [7, 11) is 3.20. The molecule has 3 rings (SSSR count). The third-order valence-electron chi connectivity index (χ3n) is 4.37. The number of carbonyl (C=O) groups excluding carboxylic acids is 1. The Balaban J connectivity index is 1.52. The molecule has 0 aromatic heterocycles. The molecule has 0 fully saturated rings. The van der Waals surface area contributed by atoms with Crippen molar-refractivity contribution >= 4 is 28.3 Å². The molecular formula is C22H22ClNO4. The number of methoxy groups -OCH3 is 2. The average Bonchev–Trinajstić information content (AvgIpc) is 2.73. The number of amides is 1. The van der Waals surface area contributed by atoms with Crippen molar-refractivity contribution in [2.45, 2.75) is 6.42 Å². The van der Waals surface area contributed by atoms with E-state index >= 15 is 0 Å². The van der Waals surface area contributed by atoms with Gasteiger partial charge in [0.25, 0.3) is 5.91 Å². The lowest BCUT2D eigenvalue weighted by Gasteiger charge is -2.11. The first kappa shape index (κ1) is 19.8. The summed E-state index contributed by atoms with van der Waals surface area (Å²) in [6.45, 7) is 0.441. The van der Waals surface area contributed by atoms with Crippen LogP contribution in [-0.4, -0.2) is 33.3 Å². The lowest BCUT2D eigenvalue weighted by molar-refractivity contribution is -0.123. The summed E-state index contributed by atoms with van der Waals surface area (Å²) in [5.41, 5.74) is 1.04. The molecule has 0 radical (unpaired) electrons. The Bertz CT molecular complexity index is 974. The van der Waals surface area contributed by atoms with Gasteiger partial charge in [-0.3, -0.25) is 4.79 Å². The summed E-state index contributed by atoms with van der Waals surface area (Å²) in [5, 5.41) is 5.30.